The second-order valence-electron chi connectivity index (χ2n) is 8.81. The summed E-state index contributed by atoms with van der Waals surface area (Å²) in [6.45, 7) is 3.74. The molecule has 2 heterocycles. The Labute approximate surface area is 197 Å². The number of nitrogens with one attached hydrogen (secondary N) is 1. The summed E-state index contributed by atoms with van der Waals surface area (Å²) in [6, 6.07) is 18.8. The first-order chi connectivity index (χ1) is 16.3. The predicted molar refractivity (Wildman–Crippen MR) is 125 cm³/mol. The van der Waals surface area contributed by atoms with Crippen molar-refractivity contribution in [3.8, 4) is 0 Å². The van der Waals surface area contributed by atoms with Crippen LogP contribution in [0, 0.1) is 12.8 Å². The molecule has 1 aromatic heterocycles. The van der Waals surface area contributed by atoms with Crippen LogP contribution in [0.25, 0.3) is 0 Å². The number of hydrogen-bond donors (Lipinski definition) is 1. The quantitative estimate of drug-likeness (QED) is 0.519. The van der Waals surface area contributed by atoms with E-state index >= 15 is 0 Å². The lowest BCUT2D eigenvalue weighted by molar-refractivity contribution is -0.137. The first-order valence-electron chi connectivity index (χ1n) is 11.5. The SMILES string of the molecule is Cc1cccnc1C(NC(=O)C1CCN(Cc2cccc(C(F)(F)F)c2)CC1)c1ccccc1. The summed E-state index contributed by atoms with van der Waals surface area (Å²) in [4.78, 5) is 19.8. The minimum Gasteiger partial charge on any atom is -0.343 e. The lowest BCUT2D eigenvalue weighted by atomic mass is 9.93. The number of pyridine rings is 1. The third-order valence-electron chi connectivity index (χ3n) is 6.36. The number of nitrogens with zero attached hydrogens (tertiary/aromatic N) is 2. The Morgan fingerprint density at radius 1 is 1.06 bits per heavy atom. The van der Waals surface area contributed by atoms with Crippen LogP contribution in [0.3, 0.4) is 0 Å². The minimum absolute atomic E-state index is 0.0161. The predicted octanol–water partition coefficient (Wildman–Crippen LogP) is 5.53. The number of piperidine rings is 1. The van der Waals surface area contributed by atoms with E-state index < -0.39 is 11.7 Å². The Morgan fingerprint density at radius 3 is 2.47 bits per heavy atom. The number of rotatable bonds is 6. The van der Waals surface area contributed by atoms with Gasteiger partial charge in [-0.3, -0.25) is 14.7 Å². The molecular formula is C27H28F3N3O. The van der Waals surface area contributed by atoms with E-state index in [1.165, 1.54) is 12.1 Å². The second-order valence-corrected chi connectivity index (χ2v) is 8.81. The van der Waals surface area contributed by atoms with Crippen LogP contribution in [0.4, 0.5) is 13.2 Å². The van der Waals surface area contributed by atoms with E-state index in [0.29, 0.717) is 38.0 Å². The van der Waals surface area contributed by atoms with Gasteiger partial charge < -0.3 is 5.32 Å². The van der Waals surface area contributed by atoms with Crippen molar-refractivity contribution >= 4 is 5.91 Å². The molecule has 1 N–H and O–H groups in total. The highest BCUT2D eigenvalue weighted by Crippen LogP contribution is 2.30. The van der Waals surface area contributed by atoms with Gasteiger partial charge in [0, 0.05) is 18.7 Å². The number of likely N-dealkylation sites (tertiary alicyclic amines) is 1. The number of aromatic nitrogens is 1. The van der Waals surface area contributed by atoms with E-state index in [4.69, 9.17) is 0 Å². The van der Waals surface area contributed by atoms with E-state index in [2.05, 4.69) is 15.2 Å². The number of benzene rings is 2. The summed E-state index contributed by atoms with van der Waals surface area (Å²) in [5, 5.41) is 3.20. The summed E-state index contributed by atoms with van der Waals surface area (Å²) >= 11 is 0. The molecule has 1 atom stereocenters. The number of aryl methyl sites for hydroxylation is 1. The maximum absolute atomic E-state index is 13.2. The molecule has 3 aromatic rings. The lowest BCUT2D eigenvalue weighted by Gasteiger charge is -2.32. The molecule has 0 aliphatic carbocycles. The van der Waals surface area contributed by atoms with E-state index in [0.717, 1.165) is 22.9 Å². The van der Waals surface area contributed by atoms with Crippen molar-refractivity contribution in [1.29, 1.82) is 0 Å². The zero-order valence-electron chi connectivity index (χ0n) is 19.1. The summed E-state index contributed by atoms with van der Waals surface area (Å²) < 4.78 is 39.0. The third-order valence-corrected chi connectivity index (χ3v) is 6.36. The Bertz CT molecular complexity index is 1110. The average Bonchev–Trinajstić information content (AvgIpc) is 2.84. The van der Waals surface area contributed by atoms with Gasteiger partial charge in [0.1, 0.15) is 0 Å². The van der Waals surface area contributed by atoms with E-state index in [9.17, 15) is 18.0 Å². The van der Waals surface area contributed by atoms with Crippen molar-refractivity contribution in [2.75, 3.05) is 13.1 Å². The molecule has 34 heavy (non-hydrogen) atoms. The molecule has 7 heteroatoms. The fourth-order valence-corrected chi connectivity index (χ4v) is 4.47. The standard InChI is InChI=1S/C27H28F3N3O/c1-19-7-6-14-31-24(19)25(21-9-3-2-4-10-21)32-26(34)22-12-15-33(16-13-22)18-20-8-5-11-23(17-20)27(28,29)30/h2-11,14,17,22,25H,12-13,15-16,18H2,1H3,(H,32,34). The van der Waals surface area contributed by atoms with Gasteiger partial charge in [0.2, 0.25) is 5.91 Å². The smallest absolute Gasteiger partial charge is 0.343 e. The molecule has 0 bridgehead atoms. The van der Waals surface area contributed by atoms with Gasteiger partial charge in [0.25, 0.3) is 0 Å². The summed E-state index contributed by atoms with van der Waals surface area (Å²) in [7, 11) is 0. The second kappa shape index (κ2) is 10.4. The molecular weight excluding hydrogens is 439 g/mol. The van der Waals surface area contributed by atoms with E-state index in [1.54, 1.807) is 12.3 Å². The van der Waals surface area contributed by atoms with Crippen molar-refractivity contribution < 1.29 is 18.0 Å². The summed E-state index contributed by atoms with van der Waals surface area (Å²) in [5.74, 6) is -0.161. The van der Waals surface area contributed by atoms with Crippen molar-refractivity contribution in [1.82, 2.24) is 15.2 Å². The highest BCUT2D eigenvalue weighted by molar-refractivity contribution is 5.79. The topological polar surface area (TPSA) is 45.2 Å². The first kappa shape index (κ1) is 24.0. The van der Waals surface area contributed by atoms with Crippen LogP contribution in [0.1, 0.15) is 46.8 Å². The minimum atomic E-state index is -4.34. The van der Waals surface area contributed by atoms with Gasteiger partial charge in [-0.2, -0.15) is 13.2 Å². The maximum atomic E-state index is 13.2. The van der Waals surface area contributed by atoms with Crippen molar-refractivity contribution in [3.05, 3.63) is 101 Å². The van der Waals surface area contributed by atoms with Crippen LogP contribution in [0.2, 0.25) is 0 Å². The molecule has 1 aliphatic rings. The fraction of sp³-hybridized carbons (Fsp3) is 0.333. The van der Waals surface area contributed by atoms with Gasteiger partial charge in [0.15, 0.2) is 0 Å². The molecule has 0 saturated carbocycles. The number of carbonyl (C=O) groups is 1. The van der Waals surface area contributed by atoms with Gasteiger partial charge in [-0.25, -0.2) is 0 Å². The Balaban J connectivity index is 1.39. The normalized spacial score (nSPS) is 16.2. The number of amides is 1. The summed E-state index contributed by atoms with van der Waals surface area (Å²) in [6.07, 6.45) is -1.29. The summed E-state index contributed by atoms with van der Waals surface area (Å²) in [5.41, 5.74) is 2.81. The largest absolute Gasteiger partial charge is 0.416 e. The lowest BCUT2D eigenvalue weighted by Crippen LogP contribution is -2.41. The third kappa shape index (κ3) is 5.83. The average molecular weight is 468 g/mol. The van der Waals surface area contributed by atoms with E-state index in [1.807, 2.05) is 49.4 Å². The number of halogens is 3. The molecule has 1 aliphatic heterocycles. The van der Waals surface area contributed by atoms with Gasteiger partial charge in [0.05, 0.1) is 17.3 Å². The zero-order chi connectivity index (χ0) is 24.1. The molecule has 0 radical (unpaired) electrons. The van der Waals surface area contributed by atoms with Crippen LogP contribution in [0.5, 0.6) is 0 Å². The van der Waals surface area contributed by atoms with Gasteiger partial charge >= 0.3 is 6.18 Å². The maximum Gasteiger partial charge on any atom is 0.416 e. The van der Waals surface area contributed by atoms with Crippen LogP contribution in [0.15, 0.2) is 72.9 Å². The molecule has 4 rings (SSSR count). The van der Waals surface area contributed by atoms with Crippen molar-refractivity contribution in [2.45, 2.75) is 38.5 Å². The molecule has 1 amide bonds. The van der Waals surface area contributed by atoms with Crippen LogP contribution in [-0.4, -0.2) is 28.9 Å². The Hall–Kier alpha value is -3.19. The monoisotopic (exact) mass is 467 g/mol. The number of carbonyl (C=O) groups excluding carboxylic acids is 1. The van der Waals surface area contributed by atoms with Gasteiger partial charge in [-0.05, 0) is 61.7 Å². The van der Waals surface area contributed by atoms with Crippen LogP contribution in [-0.2, 0) is 17.5 Å². The van der Waals surface area contributed by atoms with Gasteiger partial charge in [-0.1, -0.05) is 54.6 Å². The Morgan fingerprint density at radius 2 is 1.79 bits per heavy atom. The molecule has 178 valence electrons. The first-order valence-corrected chi connectivity index (χ1v) is 11.5. The Kier molecular flexibility index (Phi) is 7.32. The van der Waals surface area contributed by atoms with Gasteiger partial charge in [-0.15, -0.1) is 0 Å². The number of alkyl halides is 3. The highest BCUT2D eigenvalue weighted by atomic mass is 19.4. The molecule has 1 fully saturated rings. The molecule has 0 spiro atoms. The molecule has 1 unspecified atom stereocenters. The molecule has 1 saturated heterocycles. The van der Waals surface area contributed by atoms with Crippen molar-refractivity contribution in [2.24, 2.45) is 5.92 Å². The highest BCUT2D eigenvalue weighted by Gasteiger charge is 2.31. The fourth-order valence-electron chi connectivity index (χ4n) is 4.47. The number of hydrogen-bond acceptors (Lipinski definition) is 3. The van der Waals surface area contributed by atoms with Crippen LogP contribution < -0.4 is 5.32 Å². The molecule has 4 nitrogen and oxygen atoms in total. The van der Waals surface area contributed by atoms with Crippen molar-refractivity contribution in [3.63, 3.8) is 0 Å². The molecule has 2 aromatic carbocycles. The zero-order valence-corrected chi connectivity index (χ0v) is 19.1. The van der Waals surface area contributed by atoms with E-state index in [-0.39, 0.29) is 17.9 Å². The van der Waals surface area contributed by atoms with Crippen LogP contribution >= 0.6 is 0 Å².